The SMILES string of the molecule is C=CCN1COOCN(CC=C)C1=O. The fourth-order valence-electron chi connectivity index (χ4n) is 1.09. The third-order valence-corrected chi connectivity index (χ3v) is 1.74. The standard InChI is InChI=1S/C9H14N2O3/c1-3-5-10-7-13-14-8-11(6-4-2)9(10)12/h3-4H,1-2,5-8H2. The van der Waals surface area contributed by atoms with Crippen molar-refractivity contribution in [1.29, 1.82) is 0 Å². The van der Waals surface area contributed by atoms with Gasteiger partial charge in [0.1, 0.15) is 0 Å². The van der Waals surface area contributed by atoms with Crippen LogP contribution < -0.4 is 0 Å². The minimum absolute atomic E-state index is 0.124. The van der Waals surface area contributed by atoms with E-state index in [1.54, 1.807) is 12.2 Å². The van der Waals surface area contributed by atoms with Crippen LogP contribution in [0.2, 0.25) is 0 Å². The highest BCUT2D eigenvalue weighted by Crippen LogP contribution is 2.05. The first-order valence-corrected chi connectivity index (χ1v) is 4.29. The lowest BCUT2D eigenvalue weighted by Crippen LogP contribution is -2.42. The van der Waals surface area contributed by atoms with E-state index in [0.29, 0.717) is 13.1 Å². The summed E-state index contributed by atoms with van der Waals surface area (Å²) in [6, 6.07) is -0.137. The van der Waals surface area contributed by atoms with Gasteiger partial charge < -0.3 is 0 Å². The number of amides is 2. The molecular weight excluding hydrogens is 184 g/mol. The average molecular weight is 198 g/mol. The smallest absolute Gasteiger partial charge is 0.294 e. The monoisotopic (exact) mass is 198 g/mol. The topological polar surface area (TPSA) is 42.0 Å². The molecule has 5 nitrogen and oxygen atoms in total. The molecule has 5 heteroatoms. The zero-order valence-corrected chi connectivity index (χ0v) is 8.02. The Labute approximate surface area is 83.1 Å². The Kier molecular flexibility index (Phi) is 4.15. The quantitative estimate of drug-likeness (QED) is 0.499. The van der Waals surface area contributed by atoms with Gasteiger partial charge in [0.25, 0.3) is 0 Å². The molecule has 14 heavy (non-hydrogen) atoms. The summed E-state index contributed by atoms with van der Waals surface area (Å²) < 4.78 is 0. The van der Waals surface area contributed by atoms with E-state index in [4.69, 9.17) is 9.78 Å². The molecule has 2 amide bonds. The number of hydrogen-bond donors (Lipinski definition) is 0. The van der Waals surface area contributed by atoms with Crippen molar-refractivity contribution in [3.05, 3.63) is 25.3 Å². The van der Waals surface area contributed by atoms with Crippen LogP contribution in [0.25, 0.3) is 0 Å². The Bertz CT molecular complexity index is 208. The van der Waals surface area contributed by atoms with Crippen LogP contribution in [0, 0.1) is 0 Å². The summed E-state index contributed by atoms with van der Waals surface area (Å²) in [6.45, 7) is 8.25. The summed E-state index contributed by atoms with van der Waals surface area (Å²) in [5, 5.41) is 0. The van der Waals surface area contributed by atoms with Gasteiger partial charge in [0.15, 0.2) is 13.5 Å². The van der Waals surface area contributed by atoms with Crippen LogP contribution in [0.1, 0.15) is 0 Å². The van der Waals surface area contributed by atoms with E-state index >= 15 is 0 Å². The Hall–Kier alpha value is -1.33. The van der Waals surface area contributed by atoms with Crippen LogP contribution in [0.3, 0.4) is 0 Å². The first kappa shape index (κ1) is 10.7. The van der Waals surface area contributed by atoms with Crippen LogP contribution >= 0.6 is 0 Å². The summed E-state index contributed by atoms with van der Waals surface area (Å²) in [4.78, 5) is 24.3. The molecule has 0 aromatic carbocycles. The van der Waals surface area contributed by atoms with Crippen LogP contribution in [-0.2, 0) is 9.78 Å². The molecule has 1 aliphatic heterocycles. The molecule has 0 aliphatic carbocycles. The number of rotatable bonds is 4. The lowest BCUT2D eigenvalue weighted by molar-refractivity contribution is -0.313. The zero-order valence-electron chi connectivity index (χ0n) is 8.02. The van der Waals surface area contributed by atoms with E-state index in [9.17, 15) is 4.79 Å². The van der Waals surface area contributed by atoms with Crippen LogP contribution in [0.4, 0.5) is 4.79 Å². The third kappa shape index (κ3) is 2.58. The number of urea groups is 1. The molecule has 0 saturated carbocycles. The van der Waals surface area contributed by atoms with Gasteiger partial charge in [0, 0.05) is 13.1 Å². The van der Waals surface area contributed by atoms with Crippen LogP contribution in [0.15, 0.2) is 25.3 Å². The highest BCUT2D eigenvalue weighted by molar-refractivity contribution is 5.74. The maximum atomic E-state index is 11.7. The first-order valence-electron chi connectivity index (χ1n) is 4.29. The largest absolute Gasteiger partial charge is 0.324 e. The summed E-state index contributed by atoms with van der Waals surface area (Å²) in [6.07, 6.45) is 3.28. The van der Waals surface area contributed by atoms with Gasteiger partial charge in [-0.3, -0.25) is 9.80 Å². The molecule has 0 bridgehead atoms. The zero-order chi connectivity index (χ0) is 10.4. The van der Waals surface area contributed by atoms with E-state index in [-0.39, 0.29) is 19.5 Å². The minimum atomic E-state index is -0.137. The van der Waals surface area contributed by atoms with Crippen molar-refractivity contribution in [2.45, 2.75) is 0 Å². The molecule has 1 rings (SSSR count). The lowest BCUT2D eigenvalue weighted by atomic mass is 10.5. The van der Waals surface area contributed by atoms with E-state index in [0.717, 1.165) is 0 Å². The van der Waals surface area contributed by atoms with E-state index < -0.39 is 0 Å². The maximum absolute atomic E-state index is 11.7. The van der Waals surface area contributed by atoms with E-state index in [1.165, 1.54) is 9.80 Å². The molecular formula is C9H14N2O3. The third-order valence-electron chi connectivity index (χ3n) is 1.74. The molecule has 0 spiro atoms. The second-order valence-electron chi connectivity index (χ2n) is 2.80. The summed E-state index contributed by atoms with van der Waals surface area (Å²) in [7, 11) is 0. The van der Waals surface area contributed by atoms with Crippen LogP contribution in [-0.4, -0.2) is 42.4 Å². The molecule has 0 aromatic heterocycles. The van der Waals surface area contributed by atoms with E-state index in [2.05, 4.69) is 13.2 Å². The fraction of sp³-hybridized carbons (Fsp3) is 0.444. The second kappa shape index (κ2) is 5.41. The Morgan fingerprint density at radius 3 is 1.93 bits per heavy atom. The molecule has 0 atom stereocenters. The number of carbonyl (C=O) groups is 1. The predicted molar refractivity (Wildman–Crippen MR) is 51.1 cm³/mol. The second-order valence-corrected chi connectivity index (χ2v) is 2.80. The van der Waals surface area contributed by atoms with Gasteiger partial charge in [-0.2, -0.15) is 0 Å². The summed E-state index contributed by atoms with van der Waals surface area (Å²) in [5.74, 6) is 0. The van der Waals surface area contributed by atoms with Gasteiger partial charge in [-0.05, 0) is 0 Å². The van der Waals surface area contributed by atoms with Gasteiger partial charge in [-0.25, -0.2) is 14.6 Å². The van der Waals surface area contributed by atoms with Gasteiger partial charge in [-0.1, -0.05) is 12.2 Å². The lowest BCUT2D eigenvalue weighted by Gasteiger charge is -2.22. The van der Waals surface area contributed by atoms with Gasteiger partial charge in [-0.15, -0.1) is 13.2 Å². The minimum Gasteiger partial charge on any atom is -0.294 e. The first-order chi connectivity index (χ1) is 6.79. The average Bonchev–Trinajstić information content (AvgIpc) is 2.34. The molecule has 1 saturated heterocycles. The highest BCUT2D eigenvalue weighted by Gasteiger charge is 2.22. The molecule has 1 heterocycles. The molecule has 78 valence electrons. The van der Waals surface area contributed by atoms with Crippen LogP contribution in [0.5, 0.6) is 0 Å². The van der Waals surface area contributed by atoms with Crippen molar-refractivity contribution >= 4 is 6.03 Å². The van der Waals surface area contributed by atoms with E-state index in [1.807, 2.05) is 0 Å². The van der Waals surface area contributed by atoms with Gasteiger partial charge in [0.05, 0.1) is 0 Å². The Morgan fingerprint density at radius 1 is 1.14 bits per heavy atom. The summed E-state index contributed by atoms with van der Waals surface area (Å²) >= 11 is 0. The molecule has 1 aliphatic rings. The number of nitrogens with zero attached hydrogens (tertiary/aromatic N) is 2. The van der Waals surface area contributed by atoms with Crippen molar-refractivity contribution in [1.82, 2.24) is 9.80 Å². The Morgan fingerprint density at radius 2 is 1.57 bits per heavy atom. The number of carbonyl (C=O) groups excluding carboxylic acids is 1. The number of hydrogen-bond acceptors (Lipinski definition) is 3. The predicted octanol–water partition coefficient (Wildman–Crippen LogP) is 0.959. The van der Waals surface area contributed by atoms with Crippen molar-refractivity contribution in [3.63, 3.8) is 0 Å². The molecule has 1 fully saturated rings. The van der Waals surface area contributed by atoms with Crippen molar-refractivity contribution in [2.75, 3.05) is 26.6 Å². The van der Waals surface area contributed by atoms with Crippen molar-refractivity contribution < 1.29 is 14.6 Å². The Balaban J connectivity index is 2.63. The highest BCUT2D eigenvalue weighted by atomic mass is 17.2. The van der Waals surface area contributed by atoms with Crippen molar-refractivity contribution in [2.24, 2.45) is 0 Å². The fourth-order valence-corrected chi connectivity index (χ4v) is 1.09. The van der Waals surface area contributed by atoms with Crippen molar-refractivity contribution in [3.8, 4) is 0 Å². The molecule has 0 aromatic rings. The van der Waals surface area contributed by atoms with Gasteiger partial charge in [0.2, 0.25) is 0 Å². The molecule has 0 N–H and O–H groups in total. The molecule has 0 unspecified atom stereocenters. The van der Waals surface area contributed by atoms with Gasteiger partial charge >= 0.3 is 6.03 Å². The summed E-state index contributed by atoms with van der Waals surface area (Å²) in [5.41, 5.74) is 0. The maximum Gasteiger partial charge on any atom is 0.324 e. The molecule has 0 radical (unpaired) electrons. The normalized spacial score (nSPS) is 17.9.